The second kappa shape index (κ2) is 6.52. The Morgan fingerprint density at radius 1 is 1.33 bits per heavy atom. The van der Waals surface area contributed by atoms with Crippen molar-refractivity contribution in [2.24, 2.45) is 5.92 Å². The van der Waals surface area contributed by atoms with Gasteiger partial charge in [-0.3, -0.25) is 4.79 Å². The topological polar surface area (TPSA) is 57.0 Å². The quantitative estimate of drug-likeness (QED) is 0.766. The van der Waals surface area contributed by atoms with Gasteiger partial charge in [-0.25, -0.2) is 4.68 Å². The van der Waals surface area contributed by atoms with E-state index < -0.39 is 0 Å². The molecule has 0 saturated carbocycles. The van der Waals surface area contributed by atoms with Crippen molar-refractivity contribution in [1.82, 2.24) is 15.0 Å². The largest absolute Gasteiger partial charge is 0.487 e. The van der Waals surface area contributed by atoms with Crippen molar-refractivity contribution in [3.63, 3.8) is 0 Å². The Balaban J connectivity index is 2.20. The van der Waals surface area contributed by atoms with Crippen molar-refractivity contribution in [2.75, 3.05) is 0 Å². The summed E-state index contributed by atoms with van der Waals surface area (Å²) in [5.74, 6) is 1.25. The minimum Gasteiger partial charge on any atom is -0.487 e. The number of aldehydes is 1. The van der Waals surface area contributed by atoms with E-state index in [9.17, 15) is 4.79 Å². The second-order valence-corrected chi connectivity index (χ2v) is 5.67. The summed E-state index contributed by atoms with van der Waals surface area (Å²) in [6.45, 7) is 9.21. The first-order chi connectivity index (χ1) is 10.0. The molecule has 0 fully saturated rings. The van der Waals surface area contributed by atoms with Crippen molar-refractivity contribution in [3.8, 4) is 5.75 Å². The molecule has 0 saturated heterocycles. The van der Waals surface area contributed by atoms with Crippen LogP contribution < -0.4 is 4.74 Å². The Morgan fingerprint density at radius 3 is 2.76 bits per heavy atom. The maximum Gasteiger partial charge on any atom is 0.172 e. The monoisotopic (exact) mass is 287 g/mol. The Morgan fingerprint density at radius 2 is 2.10 bits per heavy atom. The third-order valence-corrected chi connectivity index (χ3v) is 3.23. The summed E-state index contributed by atoms with van der Waals surface area (Å²) in [5, 5.41) is 7.94. The molecule has 5 nitrogen and oxygen atoms in total. The lowest BCUT2D eigenvalue weighted by molar-refractivity contribution is 0.111. The molecule has 2 rings (SSSR count). The standard InChI is InChI=1S/C16H21N3O2/c1-11(2)8-19-15(14(9-20)17-18-19)10-21-16-7-12(3)5-6-13(16)4/h5-7,9,11H,8,10H2,1-4H3. The summed E-state index contributed by atoms with van der Waals surface area (Å²) in [6, 6.07) is 6.06. The van der Waals surface area contributed by atoms with Crippen LogP contribution in [0.1, 0.15) is 41.2 Å². The van der Waals surface area contributed by atoms with Gasteiger partial charge in [0.1, 0.15) is 18.1 Å². The highest BCUT2D eigenvalue weighted by atomic mass is 16.5. The van der Waals surface area contributed by atoms with Crippen molar-refractivity contribution in [3.05, 3.63) is 40.7 Å². The third-order valence-electron chi connectivity index (χ3n) is 3.23. The van der Waals surface area contributed by atoms with Gasteiger partial charge in [0, 0.05) is 6.54 Å². The SMILES string of the molecule is Cc1ccc(C)c(OCc2c(C=O)nnn2CC(C)C)c1. The number of carbonyl (C=O) groups is 1. The number of nitrogens with zero attached hydrogens (tertiary/aromatic N) is 3. The first kappa shape index (κ1) is 15.2. The van der Waals surface area contributed by atoms with E-state index in [2.05, 4.69) is 24.2 Å². The maximum atomic E-state index is 11.1. The second-order valence-electron chi connectivity index (χ2n) is 5.67. The van der Waals surface area contributed by atoms with E-state index in [1.165, 1.54) is 0 Å². The van der Waals surface area contributed by atoms with Gasteiger partial charge in [-0.1, -0.05) is 31.2 Å². The molecule has 0 unspecified atom stereocenters. The lowest BCUT2D eigenvalue weighted by Crippen LogP contribution is -2.13. The predicted molar refractivity (Wildman–Crippen MR) is 80.5 cm³/mol. The Hall–Kier alpha value is -2.17. The lowest BCUT2D eigenvalue weighted by Gasteiger charge is -2.12. The highest BCUT2D eigenvalue weighted by molar-refractivity contribution is 5.73. The zero-order valence-electron chi connectivity index (χ0n) is 13.0. The van der Waals surface area contributed by atoms with Crippen LogP contribution in [0, 0.1) is 19.8 Å². The van der Waals surface area contributed by atoms with Gasteiger partial charge in [-0.15, -0.1) is 5.10 Å². The minimum absolute atomic E-state index is 0.290. The van der Waals surface area contributed by atoms with Gasteiger partial charge >= 0.3 is 0 Å². The number of hydrogen-bond acceptors (Lipinski definition) is 4. The molecule has 0 aliphatic carbocycles. The summed E-state index contributed by atoms with van der Waals surface area (Å²) in [6.07, 6.45) is 0.728. The predicted octanol–water partition coefficient (Wildman–Crippen LogP) is 2.94. The zero-order chi connectivity index (χ0) is 15.4. The summed E-state index contributed by atoms with van der Waals surface area (Å²) >= 11 is 0. The molecule has 0 spiro atoms. The highest BCUT2D eigenvalue weighted by Gasteiger charge is 2.14. The number of benzene rings is 1. The normalized spacial score (nSPS) is 10.9. The Labute approximate surface area is 124 Å². The average Bonchev–Trinajstić information content (AvgIpc) is 2.81. The smallest absolute Gasteiger partial charge is 0.172 e. The van der Waals surface area contributed by atoms with Gasteiger partial charge < -0.3 is 4.74 Å². The van der Waals surface area contributed by atoms with Crippen LogP contribution in [-0.2, 0) is 13.2 Å². The van der Waals surface area contributed by atoms with Gasteiger partial charge in [0.05, 0.1) is 0 Å². The van der Waals surface area contributed by atoms with Crippen molar-refractivity contribution >= 4 is 6.29 Å². The molecule has 0 aliphatic rings. The number of carbonyl (C=O) groups excluding carboxylic acids is 1. The van der Waals surface area contributed by atoms with Crippen molar-refractivity contribution in [1.29, 1.82) is 0 Å². The molecular formula is C16H21N3O2. The first-order valence-electron chi connectivity index (χ1n) is 7.09. The lowest BCUT2D eigenvalue weighted by atomic mass is 10.1. The fourth-order valence-corrected chi connectivity index (χ4v) is 2.09. The minimum atomic E-state index is 0.290. The number of hydrogen-bond donors (Lipinski definition) is 0. The van der Waals surface area contributed by atoms with Gasteiger partial charge in [0.2, 0.25) is 0 Å². The number of aryl methyl sites for hydroxylation is 2. The highest BCUT2D eigenvalue weighted by Crippen LogP contribution is 2.21. The molecule has 0 aliphatic heterocycles. The average molecular weight is 287 g/mol. The van der Waals surface area contributed by atoms with E-state index in [0.29, 0.717) is 18.2 Å². The number of ether oxygens (including phenoxy) is 1. The molecule has 21 heavy (non-hydrogen) atoms. The van der Waals surface area contributed by atoms with Crippen LogP contribution in [0.3, 0.4) is 0 Å². The van der Waals surface area contributed by atoms with E-state index in [0.717, 1.165) is 28.9 Å². The fraction of sp³-hybridized carbons (Fsp3) is 0.438. The first-order valence-corrected chi connectivity index (χ1v) is 7.09. The fourth-order valence-electron chi connectivity index (χ4n) is 2.09. The molecule has 112 valence electrons. The Kier molecular flexibility index (Phi) is 4.73. The molecule has 0 radical (unpaired) electrons. The van der Waals surface area contributed by atoms with Gasteiger partial charge in [-0.2, -0.15) is 0 Å². The van der Waals surface area contributed by atoms with Crippen molar-refractivity contribution < 1.29 is 9.53 Å². The summed E-state index contributed by atoms with van der Waals surface area (Å²) < 4.78 is 7.62. The molecule has 1 aromatic carbocycles. The van der Waals surface area contributed by atoms with E-state index in [1.807, 2.05) is 32.0 Å². The van der Waals surface area contributed by atoms with Crippen LogP contribution in [0.4, 0.5) is 0 Å². The van der Waals surface area contributed by atoms with E-state index >= 15 is 0 Å². The Bertz CT molecular complexity index is 632. The molecule has 1 heterocycles. The van der Waals surface area contributed by atoms with Gasteiger partial charge in [-0.05, 0) is 37.0 Å². The molecule has 0 atom stereocenters. The molecule has 2 aromatic rings. The van der Waals surface area contributed by atoms with E-state index in [4.69, 9.17) is 4.74 Å². The molecule has 0 N–H and O–H groups in total. The van der Waals surface area contributed by atoms with Crippen LogP contribution in [0.25, 0.3) is 0 Å². The number of rotatable bonds is 6. The maximum absolute atomic E-state index is 11.1. The van der Waals surface area contributed by atoms with Crippen LogP contribution in [0.5, 0.6) is 5.75 Å². The molecule has 1 aromatic heterocycles. The molecule has 0 amide bonds. The van der Waals surface area contributed by atoms with Crippen LogP contribution in [-0.4, -0.2) is 21.3 Å². The van der Waals surface area contributed by atoms with Gasteiger partial charge in [0.15, 0.2) is 12.0 Å². The third kappa shape index (κ3) is 3.68. The summed E-state index contributed by atoms with van der Waals surface area (Å²) in [4.78, 5) is 11.1. The van der Waals surface area contributed by atoms with E-state index in [1.54, 1.807) is 4.68 Å². The zero-order valence-corrected chi connectivity index (χ0v) is 13.0. The number of aromatic nitrogens is 3. The van der Waals surface area contributed by atoms with E-state index in [-0.39, 0.29) is 6.61 Å². The summed E-state index contributed by atoms with van der Waals surface area (Å²) in [7, 11) is 0. The molecule has 5 heteroatoms. The molecular weight excluding hydrogens is 266 g/mol. The van der Waals surface area contributed by atoms with Gasteiger partial charge in [0.25, 0.3) is 0 Å². The summed E-state index contributed by atoms with van der Waals surface area (Å²) in [5.41, 5.74) is 3.27. The van der Waals surface area contributed by atoms with Crippen LogP contribution >= 0.6 is 0 Å². The van der Waals surface area contributed by atoms with Crippen molar-refractivity contribution in [2.45, 2.75) is 40.8 Å². The molecule has 0 bridgehead atoms. The van der Waals surface area contributed by atoms with Crippen LogP contribution in [0.2, 0.25) is 0 Å². The van der Waals surface area contributed by atoms with Crippen LogP contribution in [0.15, 0.2) is 18.2 Å².